The quantitative estimate of drug-likeness (QED) is 0.143. The number of ether oxygens (including phenoxy) is 9. The largest absolute Gasteiger partial charge is 0.491 e. The summed E-state index contributed by atoms with van der Waals surface area (Å²) >= 11 is 0. The molecular formula is C30H54O10. The highest BCUT2D eigenvalue weighted by Crippen LogP contribution is 2.30. The van der Waals surface area contributed by atoms with Crippen LogP contribution in [-0.4, -0.2) is 124 Å². The van der Waals surface area contributed by atoms with Crippen LogP contribution in [0.3, 0.4) is 0 Å². The fraction of sp³-hybridized carbons (Fsp3) is 0.800. The molecule has 10 nitrogen and oxygen atoms in total. The van der Waals surface area contributed by atoms with E-state index in [2.05, 4.69) is 45.9 Å². The van der Waals surface area contributed by atoms with Gasteiger partial charge < -0.3 is 47.7 Å². The minimum atomic E-state index is 0.0289. The van der Waals surface area contributed by atoms with Crippen LogP contribution in [0.1, 0.15) is 50.7 Å². The van der Waals surface area contributed by atoms with Crippen molar-refractivity contribution in [2.24, 2.45) is 0 Å². The van der Waals surface area contributed by atoms with E-state index in [1.807, 2.05) is 0 Å². The SMILES string of the molecule is CC(C)c1ccc(OCCOCCOCCOCCOCCOCCOCCOCCOCCO)c(C(C)C)c1. The summed E-state index contributed by atoms with van der Waals surface area (Å²) in [5, 5.41) is 8.57. The zero-order chi connectivity index (χ0) is 29.1. The predicted molar refractivity (Wildman–Crippen MR) is 154 cm³/mol. The van der Waals surface area contributed by atoms with E-state index in [4.69, 9.17) is 47.7 Å². The van der Waals surface area contributed by atoms with E-state index >= 15 is 0 Å². The molecule has 1 aromatic carbocycles. The zero-order valence-electron chi connectivity index (χ0n) is 25.2. The second-order valence-electron chi connectivity index (χ2n) is 9.58. The number of aliphatic hydroxyl groups excluding tert-OH is 1. The number of aliphatic hydroxyl groups is 1. The Labute approximate surface area is 241 Å². The molecule has 0 amide bonds. The molecule has 0 heterocycles. The smallest absolute Gasteiger partial charge is 0.122 e. The zero-order valence-corrected chi connectivity index (χ0v) is 25.2. The Hall–Kier alpha value is -1.34. The number of rotatable bonds is 29. The van der Waals surface area contributed by atoms with E-state index in [-0.39, 0.29) is 6.61 Å². The van der Waals surface area contributed by atoms with E-state index in [0.29, 0.717) is 124 Å². The first-order valence-electron chi connectivity index (χ1n) is 14.6. The summed E-state index contributed by atoms with van der Waals surface area (Å²) in [6.07, 6.45) is 0. The number of benzene rings is 1. The molecule has 0 saturated heterocycles. The first kappa shape index (κ1) is 36.7. The van der Waals surface area contributed by atoms with E-state index < -0.39 is 0 Å². The Morgan fingerprint density at radius 3 is 1.15 bits per heavy atom. The summed E-state index contributed by atoms with van der Waals surface area (Å²) in [5.41, 5.74) is 2.58. The predicted octanol–water partition coefficient (Wildman–Crippen LogP) is 3.44. The third kappa shape index (κ3) is 20.5. The number of hydrogen-bond acceptors (Lipinski definition) is 10. The lowest BCUT2D eigenvalue weighted by atomic mass is 9.95. The minimum Gasteiger partial charge on any atom is -0.491 e. The molecule has 10 heteroatoms. The van der Waals surface area contributed by atoms with Crippen LogP contribution < -0.4 is 4.74 Å². The Balaban J connectivity index is 1.79. The van der Waals surface area contributed by atoms with Gasteiger partial charge in [0.15, 0.2) is 0 Å². The Bertz CT molecular complexity index is 686. The maximum Gasteiger partial charge on any atom is 0.122 e. The summed E-state index contributed by atoms with van der Waals surface area (Å²) in [5.74, 6) is 1.86. The first-order chi connectivity index (χ1) is 19.6. The van der Waals surface area contributed by atoms with Crippen molar-refractivity contribution in [3.63, 3.8) is 0 Å². The van der Waals surface area contributed by atoms with Gasteiger partial charge in [-0.2, -0.15) is 0 Å². The highest BCUT2D eigenvalue weighted by Gasteiger charge is 2.10. The Morgan fingerprint density at radius 1 is 0.475 bits per heavy atom. The van der Waals surface area contributed by atoms with Gasteiger partial charge in [-0.05, 0) is 29.0 Å². The van der Waals surface area contributed by atoms with Gasteiger partial charge in [-0.3, -0.25) is 0 Å². The molecule has 0 atom stereocenters. The topological polar surface area (TPSA) is 103 Å². The molecule has 0 unspecified atom stereocenters. The minimum absolute atomic E-state index is 0.0289. The van der Waals surface area contributed by atoms with Gasteiger partial charge in [-0.25, -0.2) is 0 Å². The van der Waals surface area contributed by atoms with Crippen molar-refractivity contribution < 1.29 is 47.7 Å². The van der Waals surface area contributed by atoms with Gasteiger partial charge in [0, 0.05) is 0 Å². The van der Waals surface area contributed by atoms with Crippen LogP contribution in [0.25, 0.3) is 0 Å². The van der Waals surface area contributed by atoms with Crippen LogP contribution in [0.15, 0.2) is 18.2 Å². The lowest BCUT2D eigenvalue weighted by Crippen LogP contribution is -2.15. The summed E-state index contributed by atoms with van der Waals surface area (Å²) in [7, 11) is 0. The van der Waals surface area contributed by atoms with Crippen LogP contribution in [0.2, 0.25) is 0 Å². The molecule has 0 fully saturated rings. The van der Waals surface area contributed by atoms with Crippen LogP contribution >= 0.6 is 0 Å². The molecule has 0 spiro atoms. The molecule has 0 aromatic heterocycles. The van der Waals surface area contributed by atoms with Crippen molar-refractivity contribution in [2.45, 2.75) is 39.5 Å². The van der Waals surface area contributed by atoms with Gasteiger partial charge in [-0.1, -0.05) is 39.8 Å². The summed E-state index contributed by atoms with van der Waals surface area (Å²) in [6, 6.07) is 6.47. The summed E-state index contributed by atoms with van der Waals surface area (Å²) in [6.45, 7) is 17.3. The maximum atomic E-state index is 8.57. The van der Waals surface area contributed by atoms with Crippen LogP contribution in [0.5, 0.6) is 5.75 Å². The highest BCUT2D eigenvalue weighted by atomic mass is 16.6. The molecule has 1 rings (SSSR count). The van der Waals surface area contributed by atoms with Crippen molar-refractivity contribution in [3.8, 4) is 5.75 Å². The van der Waals surface area contributed by atoms with E-state index in [1.165, 1.54) is 11.1 Å². The highest BCUT2D eigenvalue weighted by molar-refractivity contribution is 5.40. The molecule has 0 aliphatic rings. The van der Waals surface area contributed by atoms with Crippen molar-refractivity contribution in [2.75, 3.05) is 119 Å². The van der Waals surface area contributed by atoms with Gasteiger partial charge in [0.25, 0.3) is 0 Å². The van der Waals surface area contributed by atoms with Crippen LogP contribution in [-0.2, 0) is 37.9 Å². The van der Waals surface area contributed by atoms with E-state index in [9.17, 15) is 0 Å². The molecular weight excluding hydrogens is 520 g/mol. The normalized spacial score (nSPS) is 11.7. The van der Waals surface area contributed by atoms with Gasteiger partial charge >= 0.3 is 0 Å². The lowest BCUT2D eigenvalue weighted by molar-refractivity contribution is -0.0242. The Morgan fingerprint density at radius 2 is 0.825 bits per heavy atom. The maximum absolute atomic E-state index is 8.57. The van der Waals surface area contributed by atoms with Crippen LogP contribution in [0, 0.1) is 0 Å². The van der Waals surface area contributed by atoms with E-state index in [0.717, 1.165) is 5.75 Å². The van der Waals surface area contributed by atoms with Gasteiger partial charge in [0.2, 0.25) is 0 Å². The lowest BCUT2D eigenvalue weighted by Gasteiger charge is -2.17. The summed E-state index contributed by atoms with van der Waals surface area (Å²) < 4.78 is 49.3. The molecule has 1 N–H and O–H groups in total. The molecule has 0 aliphatic heterocycles. The van der Waals surface area contributed by atoms with Gasteiger partial charge in [-0.15, -0.1) is 0 Å². The average Bonchev–Trinajstić information content (AvgIpc) is 2.94. The molecule has 0 saturated carbocycles. The molecule has 40 heavy (non-hydrogen) atoms. The molecule has 0 aliphatic carbocycles. The third-order valence-electron chi connectivity index (χ3n) is 5.65. The van der Waals surface area contributed by atoms with Crippen molar-refractivity contribution >= 4 is 0 Å². The first-order valence-corrected chi connectivity index (χ1v) is 14.6. The number of hydrogen-bond donors (Lipinski definition) is 1. The van der Waals surface area contributed by atoms with Gasteiger partial charge in [0.1, 0.15) is 12.4 Å². The van der Waals surface area contributed by atoms with Crippen molar-refractivity contribution in [1.29, 1.82) is 0 Å². The second kappa shape index (κ2) is 26.6. The van der Waals surface area contributed by atoms with Gasteiger partial charge in [0.05, 0.1) is 112 Å². The standard InChI is InChI=1S/C30H54O10/c1-26(2)28-5-6-30(29(25-28)27(3)4)40-24-23-39-22-21-38-20-19-37-18-17-36-16-15-35-14-13-34-12-11-33-10-9-32-8-7-31/h5-6,25-27,31H,7-24H2,1-4H3. The Kier molecular flexibility index (Phi) is 24.4. The monoisotopic (exact) mass is 574 g/mol. The second-order valence-corrected chi connectivity index (χ2v) is 9.58. The molecule has 0 bridgehead atoms. The molecule has 1 aromatic rings. The summed E-state index contributed by atoms with van der Waals surface area (Å²) in [4.78, 5) is 0. The van der Waals surface area contributed by atoms with Crippen molar-refractivity contribution in [1.82, 2.24) is 0 Å². The fourth-order valence-electron chi connectivity index (χ4n) is 3.43. The van der Waals surface area contributed by atoms with Crippen molar-refractivity contribution in [3.05, 3.63) is 29.3 Å². The fourth-order valence-corrected chi connectivity index (χ4v) is 3.43. The van der Waals surface area contributed by atoms with Crippen LogP contribution in [0.4, 0.5) is 0 Å². The average molecular weight is 575 g/mol. The molecule has 234 valence electrons. The third-order valence-corrected chi connectivity index (χ3v) is 5.65. The van der Waals surface area contributed by atoms with E-state index in [1.54, 1.807) is 0 Å². The molecule has 0 radical (unpaired) electrons.